The predicted molar refractivity (Wildman–Crippen MR) is 45.4 cm³/mol. The van der Waals surface area contributed by atoms with E-state index in [-0.39, 0.29) is 5.92 Å². The van der Waals surface area contributed by atoms with E-state index in [1.807, 2.05) is 0 Å². The van der Waals surface area contributed by atoms with Crippen LogP contribution in [0.3, 0.4) is 0 Å². The van der Waals surface area contributed by atoms with Gasteiger partial charge in [0.05, 0.1) is 5.92 Å². The Balaban J connectivity index is 2.44. The summed E-state index contributed by atoms with van der Waals surface area (Å²) in [6, 6.07) is 0. The van der Waals surface area contributed by atoms with Crippen LogP contribution in [0.4, 0.5) is 13.2 Å². The van der Waals surface area contributed by atoms with E-state index >= 15 is 0 Å². The largest absolute Gasteiger partial charge is 0.392 e. The molecule has 0 aliphatic heterocycles. The Morgan fingerprint density at radius 3 is 2.54 bits per heavy atom. The summed E-state index contributed by atoms with van der Waals surface area (Å²) in [5.74, 6) is -1.19. The fourth-order valence-corrected chi connectivity index (χ4v) is 2.14. The first-order chi connectivity index (χ1) is 6.05. The average Bonchev–Trinajstić information content (AvgIpc) is 2.47. The molecular formula is C9H16F3N. The van der Waals surface area contributed by atoms with Crippen LogP contribution in [-0.2, 0) is 0 Å². The molecule has 1 fully saturated rings. The molecule has 13 heavy (non-hydrogen) atoms. The molecule has 2 unspecified atom stereocenters. The van der Waals surface area contributed by atoms with Crippen molar-refractivity contribution in [2.24, 2.45) is 11.8 Å². The highest BCUT2D eigenvalue weighted by Gasteiger charge is 2.46. The lowest BCUT2D eigenvalue weighted by Gasteiger charge is -2.21. The first-order valence-electron chi connectivity index (χ1n) is 4.77. The topological polar surface area (TPSA) is 12.0 Å². The van der Waals surface area contributed by atoms with Gasteiger partial charge in [0.1, 0.15) is 0 Å². The Morgan fingerprint density at radius 1 is 1.31 bits per heavy atom. The minimum atomic E-state index is -3.98. The number of halogens is 3. The SMILES string of the molecule is CNCCC1CCCC1C(F)(F)F. The van der Waals surface area contributed by atoms with E-state index in [0.29, 0.717) is 19.4 Å². The molecule has 0 spiro atoms. The number of hydrogen-bond donors (Lipinski definition) is 1. The van der Waals surface area contributed by atoms with Crippen LogP contribution in [0.1, 0.15) is 25.7 Å². The van der Waals surface area contributed by atoms with Gasteiger partial charge in [0.2, 0.25) is 0 Å². The first kappa shape index (κ1) is 10.8. The monoisotopic (exact) mass is 195 g/mol. The van der Waals surface area contributed by atoms with Gasteiger partial charge in [-0.3, -0.25) is 0 Å². The van der Waals surface area contributed by atoms with Gasteiger partial charge in [-0.15, -0.1) is 0 Å². The van der Waals surface area contributed by atoms with Crippen LogP contribution in [0.2, 0.25) is 0 Å². The van der Waals surface area contributed by atoms with Gasteiger partial charge < -0.3 is 5.32 Å². The number of nitrogens with one attached hydrogen (secondary N) is 1. The Morgan fingerprint density at radius 2 is 2.00 bits per heavy atom. The molecule has 1 aliphatic rings. The van der Waals surface area contributed by atoms with Crippen LogP contribution >= 0.6 is 0 Å². The Labute approximate surface area is 76.7 Å². The summed E-state index contributed by atoms with van der Waals surface area (Å²) in [5.41, 5.74) is 0. The number of alkyl halides is 3. The van der Waals surface area contributed by atoms with Gasteiger partial charge in [0.15, 0.2) is 0 Å². The Kier molecular flexibility index (Phi) is 3.59. The van der Waals surface area contributed by atoms with E-state index in [2.05, 4.69) is 5.32 Å². The molecule has 0 amide bonds. The molecule has 0 bridgehead atoms. The molecule has 4 heteroatoms. The zero-order valence-electron chi connectivity index (χ0n) is 7.82. The highest BCUT2D eigenvalue weighted by molar-refractivity contribution is 4.82. The highest BCUT2D eigenvalue weighted by Crippen LogP contribution is 2.44. The maximum Gasteiger partial charge on any atom is 0.392 e. The van der Waals surface area contributed by atoms with Gasteiger partial charge in [0, 0.05) is 0 Å². The quantitative estimate of drug-likeness (QED) is 0.729. The van der Waals surface area contributed by atoms with Crippen molar-refractivity contribution >= 4 is 0 Å². The summed E-state index contributed by atoms with van der Waals surface area (Å²) in [5, 5.41) is 2.90. The molecule has 0 aromatic heterocycles. The standard InChI is InChI=1S/C9H16F3N/c1-13-6-5-7-3-2-4-8(7)9(10,11)12/h7-8,13H,2-6H2,1H3. The van der Waals surface area contributed by atoms with Crippen molar-refractivity contribution < 1.29 is 13.2 Å². The lowest BCUT2D eigenvalue weighted by molar-refractivity contribution is -0.183. The van der Waals surface area contributed by atoms with E-state index in [1.54, 1.807) is 7.05 Å². The minimum Gasteiger partial charge on any atom is -0.320 e. The van der Waals surface area contributed by atoms with Crippen LogP contribution in [0.15, 0.2) is 0 Å². The lowest BCUT2D eigenvalue weighted by atomic mass is 9.92. The van der Waals surface area contributed by atoms with Crippen molar-refractivity contribution in [2.75, 3.05) is 13.6 Å². The molecule has 2 atom stereocenters. The molecule has 0 aromatic rings. The third kappa shape index (κ3) is 2.86. The fourth-order valence-electron chi connectivity index (χ4n) is 2.14. The number of rotatable bonds is 3. The third-order valence-corrected chi connectivity index (χ3v) is 2.84. The number of hydrogen-bond acceptors (Lipinski definition) is 1. The third-order valence-electron chi connectivity index (χ3n) is 2.84. The van der Waals surface area contributed by atoms with Gasteiger partial charge in [0.25, 0.3) is 0 Å². The second kappa shape index (κ2) is 4.31. The molecule has 1 N–H and O–H groups in total. The summed E-state index contributed by atoms with van der Waals surface area (Å²) < 4.78 is 37.3. The van der Waals surface area contributed by atoms with Crippen LogP contribution in [0, 0.1) is 11.8 Å². The molecule has 78 valence electrons. The normalized spacial score (nSPS) is 29.5. The minimum absolute atomic E-state index is 0.146. The van der Waals surface area contributed by atoms with E-state index in [9.17, 15) is 13.2 Å². The lowest BCUT2D eigenvalue weighted by Crippen LogP contribution is -2.28. The Bertz CT molecular complexity index is 155. The van der Waals surface area contributed by atoms with Crippen molar-refractivity contribution in [3.05, 3.63) is 0 Å². The van der Waals surface area contributed by atoms with Crippen molar-refractivity contribution in [3.8, 4) is 0 Å². The molecule has 1 aliphatic carbocycles. The molecule has 1 saturated carbocycles. The van der Waals surface area contributed by atoms with Crippen molar-refractivity contribution in [2.45, 2.75) is 31.9 Å². The van der Waals surface area contributed by atoms with Crippen molar-refractivity contribution in [3.63, 3.8) is 0 Å². The van der Waals surface area contributed by atoms with Gasteiger partial charge >= 0.3 is 6.18 Å². The molecule has 0 aromatic carbocycles. The predicted octanol–water partition coefficient (Wildman–Crippen LogP) is 2.57. The maximum absolute atomic E-state index is 12.4. The van der Waals surface area contributed by atoms with Crippen LogP contribution in [0.5, 0.6) is 0 Å². The molecular weight excluding hydrogens is 179 g/mol. The summed E-state index contributed by atoms with van der Waals surface area (Å²) in [6.07, 6.45) is -1.52. The van der Waals surface area contributed by atoms with Crippen molar-refractivity contribution in [1.29, 1.82) is 0 Å². The van der Waals surface area contributed by atoms with Crippen molar-refractivity contribution in [1.82, 2.24) is 5.32 Å². The second-order valence-electron chi connectivity index (χ2n) is 3.73. The summed E-state index contributed by atoms with van der Waals surface area (Å²) >= 11 is 0. The smallest absolute Gasteiger partial charge is 0.320 e. The first-order valence-corrected chi connectivity index (χ1v) is 4.77. The summed E-state index contributed by atoms with van der Waals surface area (Å²) in [6.45, 7) is 0.692. The maximum atomic E-state index is 12.4. The van der Waals surface area contributed by atoms with E-state index in [1.165, 1.54) is 0 Å². The summed E-state index contributed by atoms with van der Waals surface area (Å²) in [4.78, 5) is 0. The van der Waals surface area contributed by atoms with Gasteiger partial charge in [-0.25, -0.2) is 0 Å². The fraction of sp³-hybridized carbons (Fsp3) is 1.00. The van der Waals surface area contributed by atoms with E-state index < -0.39 is 12.1 Å². The molecule has 1 rings (SSSR count). The average molecular weight is 195 g/mol. The molecule has 0 saturated heterocycles. The molecule has 0 heterocycles. The molecule has 0 radical (unpaired) electrons. The van der Waals surface area contributed by atoms with E-state index in [4.69, 9.17) is 0 Å². The van der Waals surface area contributed by atoms with Crippen LogP contribution in [-0.4, -0.2) is 19.8 Å². The second-order valence-corrected chi connectivity index (χ2v) is 3.73. The van der Waals surface area contributed by atoms with Gasteiger partial charge in [-0.1, -0.05) is 6.42 Å². The van der Waals surface area contributed by atoms with Crippen LogP contribution < -0.4 is 5.32 Å². The van der Waals surface area contributed by atoms with Gasteiger partial charge in [-0.2, -0.15) is 13.2 Å². The zero-order valence-corrected chi connectivity index (χ0v) is 7.82. The molecule has 1 nitrogen and oxygen atoms in total. The zero-order chi connectivity index (χ0) is 9.90. The van der Waals surface area contributed by atoms with Gasteiger partial charge in [-0.05, 0) is 38.8 Å². The summed E-state index contributed by atoms with van der Waals surface area (Å²) in [7, 11) is 1.78. The Hall–Kier alpha value is -0.250. The van der Waals surface area contributed by atoms with E-state index in [0.717, 1.165) is 12.8 Å². The highest BCUT2D eigenvalue weighted by atomic mass is 19.4. The van der Waals surface area contributed by atoms with Crippen LogP contribution in [0.25, 0.3) is 0 Å².